The Hall–Kier alpha value is -6.91. The van der Waals surface area contributed by atoms with Gasteiger partial charge >= 0.3 is 11.9 Å². The lowest BCUT2D eigenvalue weighted by atomic mass is 9.90. The second-order valence-corrected chi connectivity index (χ2v) is 22.7. The van der Waals surface area contributed by atoms with Crippen LogP contribution < -0.4 is 31.0 Å². The second kappa shape index (κ2) is 26.8. The zero-order valence-electron chi connectivity index (χ0n) is 42.4. The van der Waals surface area contributed by atoms with E-state index in [2.05, 4.69) is 16.0 Å². The highest BCUT2D eigenvalue weighted by Crippen LogP contribution is 2.43. The molecule has 2 aliphatic heterocycles. The van der Waals surface area contributed by atoms with E-state index >= 15 is 8.78 Å². The molecule has 2 heterocycles. The van der Waals surface area contributed by atoms with Crippen molar-refractivity contribution in [3.8, 4) is 22.5 Å². The molecule has 3 aromatic rings. The first kappa shape index (κ1) is 59.7. The number of imide groups is 1. The van der Waals surface area contributed by atoms with Crippen LogP contribution in [-0.4, -0.2) is 125 Å². The number of amides is 4. The molecule has 7 N–H and O–H groups in total. The van der Waals surface area contributed by atoms with Crippen molar-refractivity contribution < 1.29 is 83.2 Å². The van der Waals surface area contributed by atoms with Crippen molar-refractivity contribution in [2.45, 2.75) is 93.4 Å². The fourth-order valence-corrected chi connectivity index (χ4v) is 12.2. The summed E-state index contributed by atoms with van der Waals surface area (Å²) in [7, 11) is -4.88. The zero-order valence-corrected chi connectivity index (χ0v) is 44.9. The van der Waals surface area contributed by atoms with Gasteiger partial charge in [-0.15, -0.1) is 11.8 Å². The molecule has 3 unspecified atom stereocenters. The van der Waals surface area contributed by atoms with Crippen LogP contribution in [0.2, 0.25) is 0 Å². The summed E-state index contributed by atoms with van der Waals surface area (Å²) < 4.78 is 112. The summed E-state index contributed by atoms with van der Waals surface area (Å²) in [5.74, 6) is -12.5. The highest BCUT2D eigenvalue weighted by molar-refractivity contribution is 8.00. The number of aromatic carboxylic acids is 1. The van der Waals surface area contributed by atoms with E-state index in [-0.39, 0.29) is 79.6 Å². The molecule has 1 saturated carbocycles. The first-order valence-corrected chi connectivity index (χ1v) is 28.8. The van der Waals surface area contributed by atoms with Gasteiger partial charge in [-0.2, -0.15) is 0 Å². The number of nitrogens with one attached hydrogen (secondary N) is 4. The molecule has 27 heteroatoms. The predicted octanol–water partition coefficient (Wildman–Crippen LogP) is 6.40. The van der Waals surface area contributed by atoms with E-state index in [4.69, 9.17) is 13.9 Å². The first-order chi connectivity index (χ1) is 37.6. The van der Waals surface area contributed by atoms with Crippen molar-refractivity contribution in [1.29, 1.82) is 0 Å². The van der Waals surface area contributed by atoms with E-state index in [0.717, 1.165) is 41.5 Å². The smallest absolute Gasteiger partial charge is 0.336 e. The standard InChI is InChI=1S/C52H56F3N5O16S3/c1-28-9-12-33-37(23-28)76-38-25-31(61)11-14-34(38)43(33)32-13-10-30(24-35(32)51(66)67)60-42(64)26-39(50(60)65)77-27-36(52(68)69)58-41(63)15-18-74-20-21-75-19-17-56-40(62)16-22-79(72,73)49-45(54)44(53)47(59-78(70)71)46(55)48(49)57-29-7-5-3-2-4-6-8-29/h9-14,23-25,29,36,39,57,59H,2-8,15-22,26-27H2,1H3,(H,56,62)(H,58,63)(H,66,67)(H,68,69)(H,70,71). The monoisotopic (exact) mass is 1160 g/mol. The molecule has 2 fully saturated rings. The van der Waals surface area contributed by atoms with Crippen LogP contribution in [0, 0.1) is 24.4 Å². The van der Waals surface area contributed by atoms with E-state index in [1.807, 2.05) is 13.0 Å². The molecule has 3 atom stereocenters. The number of carbonyl (C=O) groups is 6. The molecule has 79 heavy (non-hydrogen) atoms. The molecule has 2 aliphatic carbocycles. The molecule has 0 bridgehead atoms. The van der Waals surface area contributed by atoms with Gasteiger partial charge in [0.2, 0.25) is 23.6 Å². The van der Waals surface area contributed by atoms with Crippen molar-refractivity contribution in [3.05, 3.63) is 93.4 Å². The number of carbonyl (C=O) groups excluding carboxylic acids is 4. The van der Waals surface area contributed by atoms with Crippen LogP contribution in [0.25, 0.3) is 33.4 Å². The van der Waals surface area contributed by atoms with Gasteiger partial charge in [-0.25, -0.2) is 40.3 Å². The molecule has 1 saturated heterocycles. The van der Waals surface area contributed by atoms with Gasteiger partial charge in [0.05, 0.1) is 54.4 Å². The molecule has 21 nitrogen and oxygen atoms in total. The molecule has 3 aromatic carbocycles. The highest BCUT2D eigenvalue weighted by atomic mass is 32.2. The third-order valence-corrected chi connectivity index (χ3v) is 16.5. The highest BCUT2D eigenvalue weighted by Gasteiger charge is 2.41. The van der Waals surface area contributed by atoms with Gasteiger partial charge < -0.3 is 40.1 Å². The Kier molecular flexibility index (Phi) is 20.3. The maximum Gasteiger partial charge on any atom is 0.336 e. The quantitative estimate of drug-likeness (QED) is 0.0109. The number of hydrogen-bond acceptors (Lipinski definition) is 15. The number of sulfone groups is 1. The molecule has 4 amide bonds. The lowest BCUT2D eigenvalue weighted by Crippen LogP contribution is -2.43. The summed E-state index contributed by atoms with van der Waals surface area (Å²) in [6.07, 6.45) is 3.68. The second-order valence-electron chi connectivity index (χ2n) is 18.7. The summed E-state index contributed by atoms with van der Waals surface area (Å²) in [4.78, 5) is 88.9. The summed E-state index contributed by atoms with van der Waals surface area (Å²) in [6.45, 7) is 1.40. The number of halogens is 3. The van der Waals surface area contributed by atoms with Gasteiger partial charge in [-0.1, -0.05) is 50.3 Å². The number of ether oxygens (including phenoxy) is 2. The third kappa shape index (κ3) is 14.9. The molecular weight excluding hydrogens is 1100 g/mol. The van der Waals surface area contributed by atoms with Gasteiger partial charge in [0, 0.05) is 60.2 Å². The Balaban J connectivity index is 0.838. The normalized spacial score (nSPS) is 16.1. The van der Waals surface area contributed by atoms with Gasteiger partial charge in [-0.05, 0) is 61.2 Å². The Morgan fingerprint density at radius 3 is 2.23 bits per heavy atom. The molecule has 0 aromatic heterocycles. The van der Waals surface area contributed by atoms with E-state index in [1.54, 1.807) is 16.9 Å². The average Bonchev–Trinajstić information content (AvgIpc) is 3.85. The van der Waals surface area contributed by atoms with Gasteiger partial charge in [-0.3, -0.25) is 33.2 Å². The fourth-order valence-electron chi connectivity index (χ4n) is 9.20. The van der Waals surface area contributed by atoms with E-state index in [9.17, 15) is 65.3 Å². The Bertz CT molecular complexity index is 3320. The number of aryl methyl sites for hydroxylation is 1. The fraction of sp³-hybridized carbons (Fsp3) is 0.404. The minimum atomic E-state index is -4.88. The maximum absolute atomic E-state index is 15.7. The van der Waals surface area contributed by atoms with Crippen molar-refractivity contribution in [2.75, 3.05) is 59.4 Å². The number of carboxylic acid groups (broad SMARTS) is 2. The Labute approximate surface area is 457 Å². The van der Waals surface area contributed by atoms with E-state index in [0.29, 0.717) is 47.8 Å². The third-order valence-electron chi connectivity index (χ3n) is 13.1. The van der Waals surface area contributed by atoms with E-state index < -0.39 is 120 Å². The Morgan fingerprint density at radius 2 is 1.53 bits per heavy atom. The number of rotatable bonds is 25. The lowest BCUT2D eigenvalue weighted by Gasteiger charge is -2.25. The van der Waals surface area contributed by atoms with Crippen molar-refractivity contribution >= 4 is 96.5 Å². The average molecular weight is 1160 g/mol. The summed E-state index contributed by atoms with van der Waals surface area (Å²) >= 11 is -2.21. The zero-order chi connectivity index (χ0) is 57.1. The van der Waals surface area contributed by atoms with Crippen molar-refractivity contribution in [2.24, 2.45) is 0 Å². The van der Waals surface area contributed by atoms with Crippen LogP contribution in [0.4, 0.5) is 30.2 Å². The first-order valence-electron chi connectivity index (χ1n) is 25.0. The topological polar surface area (TPSA) is 314 Å². The SMILES string of the molecule is Cc1ccc2c(-c3ccc(N4C(=O)CC(SCC(NC(=O)CCOCCOCCNC(=O)CCS(=O)(=O)c5c(F)c(F)c(NS(=O)O)c(F)c5NC5CCCCCCC5)C(=O)O)C4=O)cc3C(=O)O)c3ccc(=O)cc-3oc2c1. The van der Waals surface area contributed by atoms with Crippen LogP contribution in [0.15, 0.2) is 68.7 Å². The lowest BCUT2D eigenvalue weighted by molar-refractivity contribution is -0.141. The van der Waals surface area contributed by atoms with Crippen LogP contribution in [-0.2, 0) is 54.6 Å². The summed E-state index contributed by atoms with van der Waals surface area (Å²) in [6, 6.07) is 11.6. The predicted molar refractivity (Wildman–Crippen MR) is 286 cm³/mol. The molecular formula is C52H56F3N5O16S3. The number of fused-ring (bicyclic) bond motifs is 2. The van der Waals surface area contributed by atoms with Gasteiger partial charge in [0.1, 0.15) is 28.0 Å². The molecule has 424 valence electrons. The summed E-state index contributed by atoms with van der Waals surface area (Å²) in [5.41, 5.74) is -0.468. The number of thioether (sulfide) groups is 1. The largest absolute Gasteiger partial charge is 0.480 e. The number of aliphatic carboxylic acids is 1. The number of anilines is 3. The van der Waals surface area contributed by atoms with Crippen LogP contribution in [0.3, 0.4) is 0 Å². The maximum atomic E-state index is 15.7. The van der Waals surface area contributed by atoms with Crippen LogP contribution in [0.1, 0.15) is 80.1 Å². The minimum Gasteiger partial charge on any atom is -0.480 e. The number of benzene rings is 4. The number of hydrogen-bond donors (Lipinski definition) is 7. The molecule has 0 radical (unpaired) electrons. The number of carboxylic acids is 2. The van der Waals surface area contributed by atoms with Crippen molar-refractivity contribution in [1.82, 2.24) is 10.6 Å². The molecule has 0 spiro atoms. The minimum absolute atomic E-state index is 0.0308. The van der Waals surface area contributed by atoms with E-state index in [1.165, 1.54) is 36.4 Å². The van der Waals surface area contributed by atoms with Gasteiger partial charge in [0.15, 0.2) is 32.7 Å². The summed E-state index contributed by atoms with van der Waals surface area (Å²) in [5, 5.41) is 27.2. The molecule has 4 aliphatic rings. The van der Waals surface area contributed by atoms with Crippen LogP contribution in [0.5, 0.6) is 0 Å². The number of nitrogens with zero attached hydrogens (tertiary/aromatic N) is 1. The molecule has 7 rings (SSSR count). The van der Waals surface area contributed by atoms with Crippen LogP contribution >= 0.6 is 11.8 Å². The van der Waals surface area contributed by atoms with Gasteiger partial charge in [0.25, 0.3) is 11.3 Å². The Morgan fingerprint density at radius 1 is 0.835 bits per heavy atom. The van der Waals surface area contributed by atoms with Crippen molar-refractivity contribution in [3.63, 3.8) is 0 Å².